The van der Waals surface area contributed by atoms with Crippen molar-refractivity contribution in [2.75, 3.05) is 52.4 Å². The van der Waals surface area contributed by atoms with Crippen LogP contribution in [0.15, 0.2) is 63.8 Å². The lowest BCUT2D eigenvalue weighted by Gasteiger charge is -2.36. The minimum Gasteiger partial charge on any atom is -0.502 e. The van der Waals surface area contributed by atoms with Crippen LogP contribution in [0.4, 0.5) is 5.69 Å². The Hall–Kier alpha value is -4.31. The maximum atomic E-state index is 12.7. The number of ether oxygens (including phenoxy) is 3. The van der Waals surface area contributed by atoms with Crippen LogP contribution < -0.4 is 15.1 Å². The van der Waals surface area contributed by atoms with E-state index in [4.69, 9.17) is 18.6 Å². The zero-order valence-electron chi connectivity index (χ0n) is 22.2. The topological polar surface area (TPSA) is 119 Å². The first-order valence-electron chi connectivity index (χ1n) is 12.5. The van der Waals surface area contributed by atoms with Gasteiger partial charge in [0.05, 0.1) is 45.8 Å². The molecule has 1 N–H and O–H groups in total. The molecule has 1 atom stereocenters. The van der Waals surface area contributed by atoms with E-state index < -0.39 is 29.0 Å². The highest BCUT2D eigenvalue weighted by Gasteiger charge is 2.28. The molecular formula is C29H32N2O8. The Morgan fingerprint density at radius 1 is 0.949 bits per heavy atom. The first kappa shape index (κ1) is 27.7. The van der Waals surface area contributed by atoms with Crippen LogP contribution in [0.2, 0.25) is 0 Å². The van der Waals surface area contributed by atoms with E-state index in [9.17, 15) is 19.5 Å². The normalized spacial score (nSPS) is 14.5. The number of esters is 2. The molecular weight excluding hydrogens is 504 g/mol. The van der Waals surface area contributed by atoms with E-state index in [1.54, 1.807) is 31.4 Å². The number of anilines is 1. The number of hydrogen-bond acceptors (Lipinski definition) is 10. The largest absolute Gasteiger partial charge is 0.502 e. The number of methoxy groups -OCH3 is 3. The smallest absolute Gasteiger partial charge is 0.337 e. The molecule has 1 aliphatic rings. The molecule has 0 spiro atoms. The molecule has 39 heavy (non-hydrogen) atoms. The minimum atomic E-state index is -0.802. The summed E-state index contributed by atoms with van der Waals surface area (Å²) in [6.45, 7) is 3.43. The lowest BCUT2D eigenvalue weighted by molar-refractivity contribution is -0.140. The van der Waals surface area contributed by atoms with Crippen LogP contribution in [0.5, 0.6) is 11.5 Å². The van der Waals surface area contributed by atoms with Gasteiger partial charge in [0.15, 0.2) is 5.76 Å². The molecule has 10 heteroatoms. The highest BCUT2D eigenvalue weighted by molar-refractivity contribution is 5.89. The number of hydrogen-bond donors (Lipinski definition) is 1. The Morgan fingerprint density at radius 3 is 2.21 bits per heavy atom. The van der Waals surface area contributed by atoms with Crippen LogP contribution in [0.25, 0.3) is 0 Å². The average Bonchev–Trinajstić information content (AvgIpc) is 2.97. The molecule has 1 aromatic heterocycles. The molecule has 3 aromatic rings. The predicted molar refractivity (Wildman–Crippen MR) is 143 cm³/mol. The first-order valence-corrected chi connectivity index (χ1v) is 12.5. The summed E-state index contributed by atoms with van der Waals surface area (Å²) in [4.78, 5) is 41.3. The van der Waals surface area contributed by atoms with Gasteiger partial charge >= 0.3 is 11.9 Å². The Labute approximate surface area is 226 Å². The molecule has 0 saturated carbocycles. The van der Waals surface area contributed by atoms with Crippen LogP contribution in [0, 0.1) is 0 Å². The maximum absolute atomic E-state index is 12.7. The minimum absolute atomic E-state index is 0.0226. The van der Waals surface area contributed by atoms with Gasteiger partial charge in [-0.3, -0.25) is 14.5 Å². The Morgan fingerprint density at radius 2 is 1.62 bits per heavy atom. The van der Waals surface area contributed by atoms with Gasteiger partial charge in [-0.2, -0.15) is 0 Å². The van der Waals surface area contributed by atoms with E-state index in [2.05, 4.69) is 9.80 Å². The SMILES string of the molecule is COC(=O)CC(c1ccc(C(=O)OC)cc1)c1oc(CN2CCN(c3ccc(OC)cc3)CC2)cc(=O)c1O. The fraction of sp³-hybridized carbons (Fsp3) is 0.345. The molecule has 1 saturated heterocycles. The molecule has 2 aromatic carbocycles. The second-order valence-electron chi connectivity index (χ2n) is 9.20. The lowest BCUT2D eigenvalue weighted by Crippen LogP contribution is -2.46. The number of nitrogens with zero attached hydrogens (tertiary/aromatic N) is 2. The molecule has 10 nitrogen and oxygen atoms in total. The van der Waals surface area contributed by atoms with Gasteiger partial charge in [0, 0.05) is 37.9 Å². The first-order chi connectivity index (χ1) is 18.8. The predicted octanol–water partition coefficient (Wildman–Crippen LogP) is 3.16. The van der Waals surface area contributed by atoms with Crippen molar-refractivity contribution in [2.45, 2.75) is 18.9 Å². The van der Waals surface area contributed by atoms with Gasteiger partial charge in [0.2, 0.25) is 11.2 Å². The lowest BCUT2D eigenvalue weighted by atomic mass is 9.91. The van der Waals surface area contributed by atoms with E-state index in [1.165, 1.54) is 20.3 Å². The summed E-state index contributed by atoms with van der Waals surface area (Å²) in [5, 5.41) is 10.7. The van der Waals surface area contributed by atoms with Crippen LogP contribution >= 0.6 is 0 Å². The van der Waals surface area contributed by atoms with Crippen molar-refractivity contribution in [2.24, 2.45) is 0 Å². The number of carbonyl (C=O) groups is 2. The zero-order chi connectivity index (χ0) is 27.9. The third kappa shape index (κ3) is 6.58. The van der Waals surface area contributed by atoms with E-state index in [-0.39, 0.29) is 12.2 Å². The number of benzene rings is 2. The van der Waals surface area contributed by atoms with Crippen molar-refractivity contribution in [1.82, 2.24) is 4.90 Å². The van der Waals surface area contributed by atoms with Gasteiger partial charge in [-0.1, -0.05) is 12.1 Å². The second kappa shape index (κ2) is 12.5. The molecule has 206 valence electrons. The summed E-state index contributed by atoms with van der Waals surface area (Å²) in [7, 11) is 4.19. The summed E-state index contributed by atoms with van der Waals surface area (Å²) in [6.07, 6.45) is -0.172. The van der Waals surface area contributed by atoms with Gasteiger partial charge in [-0.15, -0.1) is 0 Å². The highest BCUT2D eigenvalue weighted by atomic mass is 16.5. The van der Waals surface area contributed by atoms with Gasteiger partial charge in [0.1, 0.15) is 11.5 Å². The Bertz CT molecular complexity index is 1340. The van der Waals surface area contributed by atoms with E-state index in [0.717, 1.165) is 37.6 Å². The molecule has 4 rings (SSSR count). The molecule has 0 bridgehead atoms. The fourth-order valence-corrected chi connectivity index (χ4v) is 4.63. The number of rotatable bonds is 9. The Kier molecular flexibility index (Phi) is 8.88. The van der Waals surface area contributed by atoms with E-state index >= 15 is 0 Å². The van der Waals surface area contributed by atoms with Crippen molar-refractivity contribution in [1.29, 1.82) is 0 Å². The van der Waals surface area contributed by atoms with E-state index in [1.807, 2.05) is 24.3 Å². The summed E-state index contributed by atoms with van der Waals surface area (Å²) < 4.78 is 20.9. The summed E-state index contributed by atoms with van der Waals surface area (Å²) in [6, 6.07) is 15.6. The number of carbonyl (C=O) groups excluding carboxylic acids is 2. The van der Waals surface area contributed by atoms with Gasteiger partial charge < -0.3 is 28.6 Å². The van der Waals surface area contributed by atoms with Crippen molar-refractivity contribution in [3.05, 3.63) is 87.5 Å². The standard InChI is InChI=1S/C29H32N2O8/c1-36-22-10-8-21(9-11-22)31-14-12-30(13-15-31)18-23-16-25(32)27(34)28(39-23)24(17-26(33)37-2)19-4-6-20(7-5-19)29(35)38-3/h4-11,16,24,34H,12-15,17-18H2,1-3H3. The van der Waals surface area contributed by atoms with Crippen molar-refractivity contribution >= 4 is 17.6 Å². The van der Waals surface area contributed by atoms with Crippen molar-refractivity contribution in [3.63, 3.8) is 0 Å². The summed E-state index contributed by atoms with van der Waals surface area (Å²) >= 11 is 0. The number of aromatic hydroxyl groups is 1. The van der Waals surface area contributed by atoms with Crippen LogP contribution in [0.3, 0.4) is 0 Å². The Balaban J connectivity index is 1.54. The molecule has 1 fully saturated rings. The molecule has 0 aliphatic carbocycles. The second-order valence-corrected chi connectivity index (χ2v) is 9.20. The van der Waals surface area contributed by atoms with E-state index in [0.29, 0.717) is 23.4 Å². The van der Waals surface area contributed by atoms with Gasteiger partial charge in [0.25, 0.3) is 0 Å². The van der Waals surface area contributed by atoms with Crippen LogP contribution in [-0.4, -0.2) is 69.5 Å². The fourth-order valence-electron chi connectivity index (χ4n) is 4.63. The maximum Gasteiger partial charge on any atom is 0.337 e. The molecule has 1 aliphatic heterocycles. The van der Waals surface area contributed by atoms with Crippen LogP contribution in [-0.2, 0) is 20.8 Å². The average molecular weight is 537 g/mol. The van der Waals surface area contributed by atoms with Crippen LogP contribution in [0.1, 0.15) is 39.8 Å². The third-order valence-corrected chi connectivity index (χ3v) is 6.84. The van der Waals surface area contributed by atoms with Gasteiger partial charge in [-0.25, -0.2) is 4.79 Å². The van der Waals surface area contributed by atoms with Gasteiger partial charge in [-0.05, 0) is 42.0 Å². The zero-order valence-corrected chi connectivity index (χ0v) is 22.2. The quantitative estimate of drug-likeness (QED) is 0.409. The van der Waals surface area contributed by atoms with Crippen molar-refractivity contribution in [3.8, 4) is 11.5 Å². The summed E-state index contributed by atoms with van der Waals surface area (Å²) in [5.74, 6) is -1.25. The third-order valence-electron chi connectivity index (χ3n) is 6.84. The summed E-state index contributed by atoms with van der Waals surface area (Å²) in [5.41, 5.74) is 1.41. The molecule has 2 heterocycles. The molecule has 1 unspecified atom stereocenters. The van der Waals surface area contributed by atoms with Crippen molar-refractivity contribution < 1.29 is 33.3 Å². The molecule has 0 radical (unpaired) electrons. The molecule has 0 amide bonds. The monoisotopic (exact) mass is 536 g/mol. The number of piperazine rings is 1. The highest BCUT2D eigenvalue weighted by Crippen LogP contribution is 2.34.